The van der Waals surface area contributed by atoms with Crippen LogP contribution in [0.4, 0.5) is 8.78 Å². The van der Waals surface area contributed by atoms with Crippen molar-refractivity contribution in [3.63, 3.8) is 0 Å². The van der Waals surface area contributed by atoms with Gasteiger partial charge in [-0.05, 0) is 13.0 Å². The number of esters is 1. The Labute approximate surface area is 120 Å². The van der Waals surface area contributed by atoms with Crippen LogP contribution in [-0.4, -0.2) is 17.6 Å². The van der Waals surface area contributed by atoms with Gasteiger partial charge in [0.25, 0.3) is 6.43 Å². The van der Waals surface area contributed by atoms with Crippen LogP contribution >= 0.6 is 31.9 Å². The van der Waals surface area contributed by atoms with Crippen LogP contribution in [0.25, 0.3) is 0 Å². The number of ether oxygens (including phenoxy) is 1. The highest BCUT2D eigenvalue weighted by Crippen LogP contribution is 2.31. The third-order valence-corrected chi connectivity index (χ3v) is 3.30. The van der Waals surface area contributed by atoms with Crippen LogP contribution in [-0.2, 0) is 21.3 Å². The van der Waals surface area contributed by atoms with E-state index in [1.54, 1.807) is 6.92 Å². The second kappa shape index (κ2) is 7.13. The quantitative estimate of drug-likeness (QED) is 0.571. The van der Waals surface area contributed by atoms with Crippen molar-refractivity contribution in [3.8, 4) is 0 Å². The van der Waals surface area contributed by atoms with Crippen molar-refractivity contribution in [2.24, 2.45) is 0 Å². The van der Waals surface area contributed by atoms with Gasteiger partial charge in [-0.25, -0.2) is 8.78 Å². The molecule has 0 bridgehead atoms. The molecule has 0 aliphatic rings. The molecule has 0 amide bonds. The average Bonchev–Trinajstić information content (AvgIpc) is 2.27. The second-order valence-electron chi connectivity index (χ2n) is 3.37. The van der Waals surface area contributed by atoms with Crippen molar-refractivity contribution in [1.29, 1.82) is 0 Å². The van der Waals surface area contributed by atoms with Crippen LogP contribution < -0.4 is 0 Å². The molecule has 1 aromatic heterocycles. The van der Waals surface area contributed by atoms with E-state index < -0.39 is 12.4 Å². The maximum atomic E-state index is 12.8. The number of rotatable bonds is 5. The maximum Gasteiger partial charge on any atom is 0.311 e. The van der Waals surface area contributed by atoms with Crippen LogP contribution in [0.15, 0.2) is 10.5 Å². The van der Waals surface area contributed by atoms with E-state index in [2.05, 4.69) is 36.8 Å². The summed E-state index contributed by atoms with van der Waals surface area (Å²) < 4.78 is 30.6. The van der Waals surface area contributed by atoms with Crippen LogP contribution in [0.1, 0.15) is 30.3 Å². The summed E-state index contributed by atoms with van der Waals surface area (Å²) in [7, 11) is 0. The first-order chi connectivity index (χ1) is 8.49. The molecule has 3 nitrogen and oxygen atoms in total. The fraction of sp³-hybridized carbons (Fsp3) is 0.455. The lowest BCUT2D eigenvalue weighted by Crippen LogP contribution is -2.10. The molecule has 0 radical (unpaired) electrons. The Morgan fingerprint density at radius 3 is 2.72 bits per heavy atom. The number of carbonyl (C=O) groups excluding carboxylic acids is 1. The molecular weight excluding hydrogens is 376 g/mol. The monoisotopic (exact) mass is 385 g/mol. The number of hydrogen-bond acceptors (Lipinski definition) is 3. The van der Waals surface area contributed by atoms with E-state index in [-0.39, 0.29) is 34.1 Å². The summed E-state index contributed by atoms with van der Waals surface area (Å²) >= 11 is 6.18. The average molecular weight is 387 g/mol. The van der Waals surface area contributed by atoms with Crippen molar-refractivity contribution in [1.82, 2.24) is 4.98 Å². The van der Waals surface area contributed by atoms with E-state index in [4.69, 9.17) is 4.74 Å². The molecule has 0 atom stereocenters. The van der Waals surface area contributed by atoms with Crippen LogP contribution in [0.3, 0.4) is 0 Å². The molecule has 7 heteroatoms. The Kier molecular flexibility index (Phi) is 6.14. The van der Waals surface area contributed by atoms with Gasteiger partial charge in [0.15, 0.2) is 0 Å². The zero-order chi connectivity index (χ0) is 13.7. The largest absolute Gasteiger partial charge is 0.466 e. The second-order valence-corrected chi connectivity index (χ2v) is 4.79. The van der Waals surface area contributed by atoms with Gasteiger partial charge >= 0.3 is 5.97 Å². The summed E-state index contributed by atoms with van der Waals surface area (Å²) in [6.45, 7) is 1.98. The molecule has 0 N–H and O–H groups in total. The summed E-state index contributed by atoms with van der Waals surface area (Å²) in [5, 5.41) is 0.196. The van der Waals surface area contributed by atoms with Gasteiger partial charge in [0, 0.05) is 9.80 Å². The lowest BCUT2D eigenvalue weighted by molar-refractivity contribution is -0.142. The zero-order valence-corrected chi connectivity index (χ0v) is 12.7. The number of halogens is 4. The number of pyridine rings is 1. The molecule has 0 saturated carbocycles. The van der Waals surface area contributed by atoms with E-state index in [0.717, 1.165) is 0 Å². The predicted molar refractivity (Wildman–Crippen MR) is 69.9 cm³/mol. The van der Waals surface area contributed by atoms with Crippen molar-refractivity contribution >= 4 is 37.8 Å². The predicted octanol–water partition coefficient (Wildman–Crippen LogP) is 3.78. The van der Waals surface area contributed by atoms with Crippen LogP contribution in [0.5, 0.6) is 0 Å². The lowest BCUT2D eigenvalue weighted by Gasteiger charge is -2.10. The Balaban J connectivity index is 3.03. The minimum Gasteiger partial charge on any atom is -0.466 e. The van der Waals surface area contributed by atoms with Crippen molar-refractivity contribution in [2.45, 2.75) is 25.1 Å². The minimum atomic E-state index is -2.61. The first-order valence-electron chi connectivity index (χ1n) is 5.17. The van der Waals surface area contributed by atoms with E-state index in [9.17, 15) is 13.6 Å². The van der Waals surface area contributed by atoms with Gasteiger partial charge in [-0.2, -0.15) is 0 Å². The highest BCUT2D eigenvalue weighted by molar-refractivity contribution is 9.10. The fourth-order valence-electron chi connectivity index (χ4n) is 1.41. The molecule has 1 heterocycles. The molecule has 0 aliphatic heterocycles. The van der Waals surface area contributed by atoms with Crippen molar-refractivity contribution in [2.75, 3.05) is 6.61 Å². The molecule has 1 aromatic rings. The van der Waals surface area contributed by atoms with Gasteiger partial charge in [-0.15, -0.1) is 0 Å². The van der Waals surface area contributed by atoms with E-state index in [0.29, 0.717) is 5.69 Å². The Bertz CT molecular complexity index is 441. The zero-order valence-electron chi connectivity index (χ0n) is 9.55. The summed E-state index contributed by atoms with van der Waals surface area (Å²) in [5.74, 6) is -0.429. The van der Waals surface area contributed by atoms with Gasteiger partial charge in [-0.3, -0.25) is 9.78 Å². The molecule has 1 rings (SSSR count). The molecule has 0 aromatic carbocycles. The third-order valence-electron chi connectivity index (χ3n) is 2.12. The number of carbonyl (C=O) groups is 1. The molecule has 0 aliphatic carbocycles. The maximum absolute atomic E-state index is 12.8. The number of nitrogens with zero attached hydrogens (tertiary/aromatic N) is 1. The van der Waals surface area contributed by atoms with Gasteiger partial charge in [0.1, 0.15) is 0 Å². The summed E-state index contributed by atoms with van der Waals surface area (Å²) in [5.41, 5.74) is 0.470. The van der Waals surface area contributed by atoms with Crippen molar-refractivity contribution < 1.29 is 18.3 Å². The van der Waals surface area contributed by atoms with Crippen molar-refractivity contribution in [3.05, 3.63) is 27.5 Å². The van der Waals surface area contributed by atoms with Crippen LogP contribution in [0, 0.1) is 0 Å². The van der Waals surface area contributed by atoms with E-state index in [1.807, 2.05) is 0 Å². The van der Waals surface area contributed by atoms with Gasteiger partial charge < -0.3 is 4.74 Å². The number of hydrogen-bond donors (Lipinski definition) is 0. The summed E-state index contributed by atoms with van der Waals surface area (Å²) in [4.78, 5) is 15.3. The Morgan fingerprint density at radius 1 is 1.56 bits per heavy atom. The van der Waals surface area contributed by atoms with Gasteiger partial charge in [0.05, 0.1) is 30.0 Å². The normalized spacial score (nSPS) is 10.8. The standard InChI is InChI=1S/C11H11Br2F2NO2/c1-2-18-9(17)4-6-3-7(13)10(11(14)15)8(5-12)16-6/h3,11H,2,4-5H2,1H3. The SMILES string of the molecule is CCOC(=O)Cc1cc(Br)c(C(F)F)c(CBr)n1. The van der Waals surface area contributed by atoms with Gasteiger partial charge in [-0.1, -0.05) is 31.9 Å². The van der Waals surface area contributed by atoms with Gasteiger partial charge in [0.2, 0.25) is 0 Å². The first-order valence-corrected chi connectivity index (χ1v) is 7.09. The van der Waals surface area contributed by atoms with E-state index in [1.165, 1.54) is 6.07 Å². The minimum absolute atomic E-state index is 0.0318. The lowest BCUT2D eigenvalue weighted by atomic mass is 10.1. The molecular formula is C11H11Br2F2NO2. The first kappa shape index (κ1) is 15.5. The Morgan fingerprint density at radius 2 is 2.22 bits per heavy atom. The molecule has 18 heavy (non-hydrogen) atoms. The molecule has 0 saturated heterocycles. The molecule has 0 fully saturated rings. The highest BCUT2D eigenvalue weighted by Gasteiger charge is 2.19. The smallest absolute Gasteiger partial charge is 0.311 e. The Hall–Kier alpha value is -0.560. The fourth-order valence-corrected chi connectivity index (χ4v) is 2.50. The number of aromatic nitrogens is 1. The molecule has 0 spiro atoms. The summed E-state index contributed by atoms with van der Waals surface area (Å²) in [6.07, 6.45) is -2.65. The summed E-state index contributed by atoms with van der Waals surface area (Å²) in [6, 6.07) is 1.42. The molecule has 100 valence electrons. The third kappa shape index (κ3) is 3.98. The van der Waals surface area contributed by atoms with E-state index >= 15 is 0 Å². The molecule has 0 unspecified atom stereocenters. The topological polar surface area (TPSA) is 39.2 Å². The van der Waals surface area contributed by atoms with Crippen LogP contribution in [0.2, 0.25) is 0 Å². The number of alkyl halides is 3. The highest BCUT2D eigenvalue weighted by atomic mass is 79.9.